The van der Waals surface area contributed by atoms with E-state index in [9.17, 15) is 19.2 Å². The summed E-state index contributed by atoms with van der Waals surface area (Å²) in [5.41, 5.74) is 5.12. The number of hydrogen-bond donors (Lipinski definition) is 2. The second-order valence-electron chi connectivity index (χ2n) is 15.2. The number of hydrogen-bond acceptors (Lipinski definition) is 9. The van der Waals surface area contributed by atoms with Crippen molar-refractivity contribution in [1.29, 1.82) is 0 Å². The number of rotatable bonds is 18. The van der Waals surface area contributed by atoms with Gasteiger partial charge in [-0.25, -0.2) is 4.98 Å². The summed E-state index contributed by atoms with van der Waals surface area (Å²) < 4.78 is 16.8. The van der Waals surface area contributed by atoms with Crippen LogP contribution in [0.15, 0.2) is 54.0 Å². The van der Waals surface area contributed by atoms with Crippen LogP contribution in [0.5, 0.6) is 5.75 Å². The summed E-state index contributed by atoms with van der Waals surface area (Å²) in [6, 6.07) is 13.9. The molecule has 1 aromatic heterocycles. The highest BCUT2D eigenvalue weighted by Crippen LogP contribution is 2.29. The van der Waals surface area contributed by atoms with Crippen LogP contribution in [0.4, 0.5) is 0 Å². The predicted octanol–water partition coefficient (Wildman–Crippen LogP) is 6.61. The standard InChI is InChI=1S/C41H56N4O7S/c1-27(2)24-52-36(47)12-10-8-9-11-35(46)44-38(41(4,5)6)40(49)45-23-33(51-25-30-15-19-32(50-7)20-16-30)21-34(45)39(48)42-22-29-13-17-31(18-14-29)37-28(3)43-26-53-37/h13-20,26-27,33-34,38H,8-12,21-25H2,1-7H3,(H,42,48)(H,44,46)/t33-,34+,38-/m1/s1. The number of thiazole rings is 1. The second kappa shape index (κ2) is 19.7. The first-order chi connectivity index (χ1) is 25.2. The molecule has 3 atom stereocenters. The lowest BCUT2D eigenvalue weighted by Crippen LogP contribution is -2.57. The van der Waals surface area contributed by atoms with Crippen LogP contribution < -0.4 is 15.4 Å². The number of nitrogens with one attached hydrogen (secondary N) is 2. The fourth-order valence-corrected chi connectivity index (χ4v) is 6.93. The van der Waals surface area contributed by atoms with Gasteiger partial charge < -0.3 is 29.7 Å². The third-order valence-electron chi connectivity index (χ3n) is 9.20. The minimum atomic E-state index is -0.862. The summed E-state index contributed by atoms with van der Waals surface area (Å²) in [5, 5.41) is 6.02. The molecule has 0 saturated carbocycles. The summed E-state index contributed by atoms with van der Waals surface area (Å²) in [5.74, 6) is -0.0387. The molecule has 2 heterocycles. The van der Waals surface area contributed by atoms with Crippen LogP contribution in [0.25, 0.3) is 10.4 Å². The van der Waals surface area contributed by atoms with E-state index in [1.165, 1.54) is 0 Å². The van der Waals surface area contributed by atoms with Crippen molar-refractivity contribution in [3.63, 3.8) is 0 Å². The van der Waals surface area contributed by atoms with E-state index in [0.29, 0.717) is 51.9 Å². The first kappa shape index (κ1) is 41.5. The third-order valence-corrected chi connectivity index (χ3v) is 10.2. The molecule has 288 valence electrons. The van der Waals surface area contributed by atoms with Crippen LogP contribution in [0.3, 0.4) is 0 Å². The Morgan fingerprint density at radius 1 is 0.962 bits per heavy atom. The summed E-state index contributed by atoms with van der Waals surface area (Å²) in [4.78, 5) is 60.3. The molecule has 0 aliphatic carbocycles. The number of ether oxygens (including phenoxy) is 3. The van der Waals surface area contributed by atoms with Crippen LogP contribution in [-0.2, 0) is 41.8 Å². The van der Waals surface area contributed by atoms with Crippen molar-refractivity contribution in [1.82, 2.24) is 20.5 Å². The molecule has 1 aliphatic heterocycles. The molecule has 11 nitrogen and oxygen atoms in total. The van der Waals surface area contributed by atoms with Gasteiger partial charge in [-0.1, -0.05) is 77.4 Å². The number of aromatic nitrogens is 1. The molecule has 1 aliphatic rings. The van der Waals surface area contributed by atoms with E-state index in [2.05, 4.69) is 15.6 Å². The molecule has 1 fully saturated rings. The Bertz CT molecular complexity index is 1650. The minimum absolute atomic E-state index is 0.214. The largest absolute Gasteiger partial charge is 0.497 e. The van der Waals surface area contributed by atoms with E-state index in [0.717, 1.165) is 33.0 Å². The highest BCUT2D eigenvalue weighted by atomic mass is 32.1. The fourth-order valence-electron chi connectivity index (χ4n) is 6.12. The van der Waals surface area contributed by atoms with Gasteiger partial charge in [-0.3, -0.25) is 19.2 Å². The van der Waals surface area contributed by atoms with Gasteiger partial charge in [-0.2, -0.15) is 0 Å². The molecule has 3 amide bonds. The number of unbranched alkanes of at least 4 members (excludes halogenated alkanes) is 2. The lowest BCUT2D eigenvalue weighted by Gasteiger charge is -2.35. The Morgan fingerprint density at radius 3 is 2.26 bits per heavy atom. The monoisotopic (exact) mass is 748 g/mol. The summed E-state index contributed by atoms with van der Waals surface area (Å²) >= 11 is 1.59. The molecular formula is C41H56N4O7S. The zero-order valence-electron chi connectivity index (χ0n) is 32.2. The quantitative estimate of drug-likeness (QED) is 0.110. The Balaban J connectivity index is 1.40. The van der Waals surface area contributed by atoms with Gasteiger partial charge in [-0.05, 0) is 59.9 Å². The number of carbonyl (C=O) groups is 4. The van der Waals surface area contributed by atoms with Crippen LogP contribution in [0, 0.1) is 18.3 Å². The number of likely N-dealkylation sites (tertiary alicyclic amines) is 1. The first-order valence-electron chi connectivity index (χ1n) is 18.5. The molecule has 53 heavy (non-hydrogen) atoms. The maximum atomic E-state index is 14.4. The Hall–Kier alpha value is -4.29. The van der Waals surface area contributed by atoms with Gasteiger partial charge in [0.05, 0.1) is 42.5 Å². The molecule has 12 heteroatoms. The number of esters is 1. The molecule has 0 unspecified atom stereocenters. The third kappa shape index (κ3) is 12.7. The molecular weight excluding hydrogens is 693 g/mol. The van der Waals surface area contributed by atoms with E-state index in [1.807, 2.05) is 95.6 Å². The zero-order chi connectivity index (χ0) is 38.5. The Morgan fingerprint density at radius 2 is 1.64 bits per heavy atom. The lowest BCUT2D eigenvalue weighted by molar-refractivity contribution is -0.145. The van der Waals surface area contributed by atoms with Crippen LogP contribution >= 0.6 is 11.3 Å². The number of amides is 3. The SMILES string of the molecule is COc1ccc(CO[C@@H]2C[C@@H](C(=O)NCc3ccc(-c4scnc4C)cc3)N(C(=O)[C@@H](NC(=O)CCCCCC(=O)OCC(C)C)C(C)(C)C)C2)cc1. The maximum absolute atomic E-state index is 14.4. The molecule has 0 radical (unpaired) electrons. The average Bonchev–Trinajstić information content (AvgIpc) is 3.77. The average molecular weight is 749 g/mol. The number of aryl methyl sites for hydroxylation is 1. The Kier molecular flexibility index (Phi) is 15.4. The van der Waals surface area contributed by atoms with E-state index in [-0.39, 0.29) is 48.7 Å². The molecule has 0 spiro atoms. The van der Waals surface area contributed by atoms with E-state index < -0.39 is 17.5 Å². The highest BCUT2D eigenvalue weighted by Gasteiger charge is 2.45. The van der Waals surface area contributed by atoms with Crippen molar-refractivity contribution < 1.29 is 33.4 Å². The summed E-state index contributed by atoms with van der Waals surface area (Å²) in [7, 11) is 1.61. The maximum Gasteiger partial charge on any atom is 0.305 e. The molecule has 1 saturated heterocycles. The number of carbonyl (C=O) groups excluding carboxylic acids is 4. The van der Waals surface area contributed by atoms with Crippen LogP contribution in [0.2, 0.25) is 0 Å². The normalized spacial score (nSPS) is 16.3. The first-order valence-corrected chi connectivity index (χ1v) is 19.4. The molecule has 4 rings (SSSR count). The van der Waals surface area contributed by atoms with E-state index in [1.54, 1.807) is 23.3 Å². The van der Waals surface area contributed by atoms with E-state index >= 15 is 0 Å². The fraction of sp³-hybridized carbons (Fsp3) is 0.537. The smallest absolute Gasteiger partial charge is 0.305 e. The van der Waals surface area contributed by atoms with Gasteiger partial charge in [0.25, 0.3) is 0 Å². The second-order valence-corrected chi connectivity index (χ2v) is 16.1. The van der Waals surface area contributed by atoms with Gasteiger partial charge in [0.2, 0.25) is 17.7 Å². The van der Waals surface area contributed by atoms with Crippen molar-refractivity contribution in [2.24, 2.45) is 11.3 Å². The predicted molar refractivity (Wildman–Crippen MR) is 206 cm³/mol. The number of nitrogens with zero attached hydrogens (tertiary/aromatic N) is 2. The summed E-state index contributed by atoms with van der Waals surface area (Å²) in [6.45, 7) is 12.9. The van der Waals surface area contributed by atoms with Crippen molar-refractivity contribution in [3.8, 4) is 16.2 Å². The lowest BCUT2D eigenvalue weighted by atomic mass is 9.85. The van der Waals surface area contributed by atoms with E-state index in [4.69, 9.17) is 14.2 Å². The van der Waals surface area contributed by atoms with Crippen molar-refractivity contribution >= 4 is 35.0 Å². The van der Waals surface area contributed by atoms with Gasteiger partial charge in [-0.15, -0.1) is 11.3 Å². The summed E-state index contributed by atoms with van der Waals surface area (Å²) in [6.07, 6.45) is 2.37. The Labute approximate surface area is 318 Å². The minimum Gasteiger partial charge on any atom is -0.497 e. The van der Waals surface area contributed by atoms with Crippen LogP contribution in [-0.4, -0.2) is 72.0 Å². The molecule has 2 N–H and O–H groups in total. The number of methoxy groups -OCH3 is 1. The number of benzene rings is 2. The van der Waals surface area contributed by atoms with Crippen molar-refractivity contribution in [2.75, 3.05) is 20.3 Å². The van der Waals surface area contributed by atoms with Crippen LogP contribution in [0.1, 0.15) is 90.0 Å². The molecule has 3 aromatic rings. The van der Waals surface area contributed by atoms with Gasteiger partial charge in [0.15, 0.2) is 0 Å². The van der Waals surface area contributed by atoms with Gasteiger partial charge in [0.1, 0.15) is 17.8 Å². The zero-order valence-corrected chi connectivity index (χ0v) is 33.1. The van der Waals surface area contributed by atoms with Gasteiger partial charge >= 0.3 is 5.97 Å². The van der Waals surface area contributed by atoms with Crippen molar-refractivity contribution in [2.45, 2.75) is 111 Å². The highest BCUT2D eigenvalue weighted by molar-refractivity contribution is 7.13. The van der Waals surface area contributed by atoms with Gasteiger partial charge in [0, 0.05) is 32.4 Å². The molecule has 2 aromatic carbocycles. The van der Waals surface area contributed by atoms with Crippen molar-refractivity contribution in [3.05, 3.63) is 70.9 Å². The molecule has 0 bridgehead atoms. The topological polar surface area (TPSA) is 136 Å².